The molecule has 0 saturated heterocycles. The van der Waals surface area contributed by atoms with E-state index in [2.05, 4.69) is 41.6 Å². The van der Waals surface area contributed by atoms with Crippen molar-refractivity contribution < 1.29 is 19.1 Å². The summed E-state index contributed by atoms with van der Waals surface area (Å²) in [4.78, 5) is 30.1. The van der Waals surface area contributed by atoms with E-state index in [1.807, 2.05) is 43.3 Å². The lowest BCUT2D eigenvalue weighted by atomic mass is 10.1. The first-order valence-corrected chi connectivity index (χ1v) is 12.1. The number of hydrogen-bond acceptors (Lipinski definition) is 6. The van der Waals surface area contributed by atoms with Crippen LogP contribution in [0.25, 0.3) is 0 Å². The molecule has 37 heavy (non-hydrogen) atoms. The first-order chi connectivity index (χ1) is 17.7. The summed E-state index contributed by atoms with van der Waals surface area (Å²) in [5, 5.41) is 5.84. The SMILES string of the molecule is COc1ccc(C(=O)Nc2cc(NC(=O)c3ccc(N(C)CCCN(C)C)cc3)ccc2C)cc1OC. The molecule has 0 aliphatic rings. The third-order valence-corrected chi connectivity index (χ3v) is 6.06. The number of carbonyl (C=O) groups is 2. The van der Waals surface area contributed by atoms with Gasteiger partial charge in [0.1, 0.15) is 0 Å². The van der Waals surface area contributed by atoms with Crippen LogP contribution in [0.5, 0.6) is 11.5 Å². The van der Waals surface area contributed by atoms with Crippen molar-refractivity contribution >= 4 is 28.9 Å². The summed E-state index contributed by atoms with van der Waals surface area (Å²) < 4.78 is 10.5. The summed E-state index contributed by atoms with van der Waals surface area (Å²) in [7, 11) is 9.25. The molecule has 3 aromatic carbocycles. The molecular weight excluding hydrogens is 468 g/mol. The highest BCUT2D eigenvalue weighted by molar-refractivity contribution is 6.07. The minimum Gasteiger partial charge on any atom is -0.493 e. The smallest absolute Gasteiger partial charge is 0.255 e. The van der Waals surface area contributed by atoms with Crippen LogP contribution in [0.2, 0.25) is 0 Å². The molecule has 2 N–H and O–H groups in total. The zero-order chi connectivity index (χ0) is 26.9. The molecule has 8 heteroatoms. The standard InChI is InChI=1S/C29H36N4O4/c1-20-8-12-23(19-25(20)31-29(35)22-11-15-26(36-5)27(18-22)37-6)30-28(34)21-9-13-24(14-10-21)33(4)17-7-16-32(2)3/h8-15,18-19H,7,16-17H2,1-6H3,(H,30,34)(H,31,35). The van der Waals surface area contributed by atoms with Crippen molar-refractivity contribution in [1.82, 2.24) is 4.90 Å². The Kier molecular flexibility index (Phi) is 9.51. The van der Waals surface area contributed by atoms with Gasteiger partial charge in [0.15, 0.2) is 11.5 Å². The second-order valence-corrected chi connectivity index (χ2v) is 9.13. The predicted molar refractivity (Wildman–Crippen MR) is 150 cm³/mol. The highest BCUT2D eigenvalue weighted by Crippen LogP contribution is 2.28. The number of carbonyl (C=O) groups excluding carboxylic acids is 2. The first-order valence-electron chi connectivity index (χ1n) is 12.1. The number of aryl methyl sites for hydroxylation is 1. The van der Waals surface area contributed by atoms with Crippen LogP contribution in [0.1, 0.15) is 32.7 Å². The van der Waals surface area contributed by atoms with E-state index in [-0.39, 0.29) is 11.8 Å². The molecule has 2 amide bonds. The van der Waals surface area contributed by atoms with Crippen LogP contribution in [0, 0.1) is 6.92 Å². The molecule has 8 nitrogen and oxygen atoms in total. The van der Waals surface area contributed by atoms with Crippen molar-refractivity contribution in [2.75, 3.05) is 64.0 Å². The molecule has 0 heterocycles. The van der Waals surface area contributed by atoms with E-state index in [1.54, 1.807) is 31.4 Å². The lowest BCUT2D eigenvalue weighted by molar-refractivity contribution is 0.101. The van der Waals surface area contributed by atoms with Crippen LogP contribution in [0.15, 0.2) is 60.7 Å². The Morgan fingerprint density at radius 2 is 1.41 bits per heavy atom. The van der Waals surface area contributed by atoms with Gasteiger partial charge in [-0.15, -0.1) is 0 Å². The zero-order valence-corrected chi connectivity index (χ0v) is 22.4. The first kappa shape index (κ1) is 27.5. The molecule has 3 aromatic rings. The topological polar surface area (TPSA) is 83.1 Å². The Balaban J connectivity index is 1.66. The van der Waals surface area contributed by atoms with Gasteiger partial charge in [-0.1, -0.05) is 6.07 Å². The molecule has 3 rings (SSSR count). The van der Waals surface area contributed by atoms with Gasteiger partial charge < -0.3 is 29.9 Å². The van der Waals surface area contributed by atoms with E-state index in [0.717, 1.165) is 30.8 Å². The summed E-state index contributed by atoms with van der Waals surface area (Å²) in [6.07, 6.45) is 1.06. The van der Waals surface area contributed by atoms with Gasteiger partial charge in [-0.05, 0) is 94.1 Å². The number of methoxy groups -OCH3 is 2. The molecule has 0 aliphatic heterocycles. The normalized spacial score (nSPS) is 10.7. The van der Waals surface area contributed by atoms with Crippen molar-refractivity contribution in [2.24, 2.45) is 0 Å². The van der Waals surface area contributed by atoms with Crippen molar-refractivity contribution in [3.8, 4) is 11.5 Å². The summed E-state index contributed by atoms with van der Waals surface area (Å²) in [6, 6.07) is 17.9. The van der Waals surface area contributed by atoms with Gasteiger partial charge in [-0.25, -0.2) is 0 Å². The van der Waals surface area contributed by atoms with Crippen LogP contribution < -0.4 is 25.0 Å². The molecule has 0 aromatic heterocycles. The number of ether oxygens (including phenoxy) is 2. The van der Waals surface area contributed by atoms with Gasteiger partial charge >= 0.3 is 0 Å². The molecular formula is C29H36N4O4. The third kappa shape index (κ3) is 7.47. The average Bonchev–Trinajstić information content (AvgIpc) is 2.89. The van der Waals surface area contributed by atoms with Crippen LogP contribution >= 0.6 is 0 Å². The van der Waals surface area contributed by atoms with E-state index < -0.39 is 0 Å². The van der Waals surface area contributed by atoms with Gasteiger partial charge in [0.25, 0.3) is 11.8 Å². The Morgan fingerprint density at radius 1 is 0.757 bits per heavy atom. The Morgan fingerprint density at radius 3 is 2.05 bits per heavy atom. The van der Waals surface area contributed by atoms with E-state index >= 15 is 0 Å². The van der Waals surface area contributed by atoms with Crippen molar-refractivity contribution in [3.63, 3.8) is 0 Å². The number of nitrogens with one attached hydrogen (secondary N) is 2. The van der Waals surface area contributed by atoms with Gasteiger partial charge in [0, 0.05) is 41.8 Å². The van der Waals surface area contributed by atoms with Crippen molar-refractivity contribution in [3.05, 3.63) is 77.4 Å². The Bertz CT molecular complexity index is 1230. The molecule has 0 fully saturated rings. The van der Waals surface area contributed by atoms with Crippen LogP contribution in [0.3, 0.4) is 0 Å². The monoisotopic (exact) mass is 504 g/mol. The number of nitrogens with zero attached hydrogens (tertiary/aromatic N) is 2. The molecule has 0 radical (unpaired) electrons. The summed E-state index contributed by atoms with van der Waals surface area (Å²) >= 11 is 0. The highest BCUT2D eigenvalue weighted by Gasteiger charge is 2.14. The minimum atomic E-state index is -0.294. The summed E-state index contributed by atoms with van der Waals surface area (Å²) in [5.41, 5.74) is 4.11. The number of anilines is 3. The molecule has 0 aliphatic carbocycles. The summed E-state index contributed by atoms with van der Waals surface area (Å²) in [6.45, 7) is 3.85. The van der Waals surface area contributed by atoms with E-state index in [9.17, 15) is 9.59 Å². The van der Waals surface area contributed by atoms with Gasteiger partial charge in [-0.3, -0.25) is 9.59 Å². The van der Waals surface area contributed by atoms with E-state index in [0.29, 0.717) is 34.0 Å². The maximum absolute atomic E-state index is 12.9. The molecule has 0 bridgehead atoms. The van der Waals surface area contributed by atoms with Crippen LogP contribution in [-0.2, 0) is 0 Å². The number of rotatable bonds is 11. The van der Waals surface area contributed by atoms with E-state index in [4.69, 9.17) is 9.47 Å². The largest absolute Gasteiger partial charge is 0.493 e. The molecule has 196 valence electrons. The van der Waals surface area contributed by atoms with E-state index in [1.165, 1.54) is 7.11 Å². The zero-order valence-electron chi connectivity index (χ0n) is 22.4. The predicted octanol–water partition coefficient (Wildman–Crippen LogP) is 4.90. The van der Waals surface area contributed by atoms with Crippen LogP contribution in [0.4, 0.5) is 17.1 Å². The number of benzene rings is 3. The fourth-order valence-corrected chi connectivity index (χ4v) is 3.83. The Labute approximate surface area is 219 Å². The molecule has 0 saturated carbocycles. The lowest BCUT2D eigenvalue weighted by Gasteiger charge is -2.20. The number of amides is 2. The summed E-state index contributed by atoms with van der Waals surface area (Å²) in [5.74, 6) is 0.503. The second-order valence-electron chi connectivity index (χ2n) is 9.13. The van der Waals surface area contributed by atoms with Gasteiger partial charge in [0.2, 0.25) is 0 Å². The average molecular weight is 505 g/mol. The maximum atomic E-state index is 12.9. The fraction of sp³-hybridized carbons (Fsp3) is 0.310. The Hall–Kier alpha value is -4.04. The molecule has 0 spiro atoms. The fourth-order valence-electron chi connectivity index (χ4n) is 3.83. The van der Waals surface area contributed by atoms with Crippen LogP contribution in [-0.4, -0.2) is 65.2 Å². The quantitative estimate of drug-likeness (QED) is 0.386. The highest BCUT2D eigenvalue weighted by atomic mass is 16.5. The lowest BCUT2D eigenvalue weighted by Crippen LogP contribution is -2.23. The number of hydrogen-bond donors (Lipinski definition) is 2. The second kappa shape index (κ2) is 12.8. The van der Waals surface area contributed by atoms with Gasteiger partial charge in [-0.2, -0.15) is 0 Å². The maximum Gasteiger partial charge on any atom is 0.255 e. The molecule has 0 unspecified atom stereocenters. The molecule has 0 atom stereocenters. The van der Waals surface area contributed by atoms with Crippen molar-refractivity contribution in [1.29, 1.82) is 0 Å². The third-order valence-electron chi connectivity index (χ3n) is 6.06. The minimum absolute atomic E-state index is 0.220. The van der Waals surface area contributed by atoms with Gasteiger partial charge in [0.05, 0.1) is 14.2 Å². The van der Waals surface area contributed by atoms with Crippen molar-refractivity contribution in [2.45, 2.75) is 13.3 Å².